The second-order valence-corrected chi connectivity index (χ2v) is 3.77. The molecule has 0 aliphatic rings. The predicted octanol–water partition coefficient (Wildman–Crippen LogP) is 2.45. The van der Waals surface area contributed by atoms with Gasteiger partial charge in [-0.1, -0.05) is 0 Å². The number of carbonyl (C=O) groups is 1. The molecule has 0 aliphatic heterocycles. The van der Waals surface area contributed by atoms with Crippen LogP contribution in [0.3, 0.4) is 0 Å². The van der Waals surface area contributed by atoms with Gasteiger partial charge in [-0.05, 0) is 44.0 Å². The summed E-state index contributed by atoms with van der Waals surface area (Å²) >= 11 is 6.06. The number of hydrogen-bond donors (Lipinski definition) is 1. The van der Waals surface area contributed by atoms with Crippen molar-refractivity contribution in [3.8, 4) is 0 Å². The van der Waals surface area contributed by atoms with Gasteiger partial charge in [0.25, 0.3) is 0 Å². The molecule has 1 amide bonds. The fourth-order valence-electron chi connectivity index (χ4n) is 0.698. The molecule has 12 heavy (non-hydrogen) atoms. The third kappa shape index (κ3) is 1.84. The van der Waals surface area contributed by atoms with Gasteiger partial charge in [-0.15, -0.1) is 0 Å². The summed E-state index contributed by atoms with van der Waals surface area (Å²) in [4.78, 5) is 10.6. The van der Waals surface area contributed by atoms with Crippen LogP contribution in [0.1, 0.15) is 10.4 Å². The molecular formula is C7H4Br2FNO. The smallest absolute Gasteiger partial charge is 0.248 e. The fourth-order valence-corrected chi connectivity index (χ4v) is 1.36. The molecule has 0 radical (unpaired) electrons. The molecule has 0 saturated carbocycles. The molecule has 0 heterocycles. The molecule has 1 aromatic rings. The Kier molecular flexibility index (Phi) is 2.85. The SMILES string of the molecule is NC(=O)c1cc(F)c(Br)c(Br)c1. The number of carbonyl (C=O) groups excluding carboxylic acids is 1. The van der Waals surface area contributed by atoms with Crippen molar-refractivity contribution in [2.24, 2.45) is 5.73 Å². The van der Waals surface area contributed by atoms with E-state index in [2.05, 4.69) is 31.9 Å². The van der Waals surface area contributed by atoms with E-state index < -0.39 is 11.7 Å². The molecule has 0 atom stereocenters. The van der Waals surface area contributed by atoms with E-state index in [1.165, 1.54) is 6.07 Å². The highest BCUT2D eigenvalue weighted by atomic mass is 79.9. The lowest BCUT2D eigenvalue weighted by Gasteiger charge is -2.00. The average Bonchev–Trinajstić information content (AvgIpc) is 1.99. The first kappa shape index (κ1) is 9.67. The molecule has 0 fully saturated rings. The van der Waals surface area contributed by atoms with Gasteiger partial charge in [0.15, 0.2) is 0 Å². The minimum absolute atomic E-state index is 0.141. The molecule has 1 rings (SSSR count). The highest BCUT2D eigenvalue weighted by Gasteiger charge is 2.08. The lowest BCUT2D eigenvalue weighted by atomic mass is 10.2. The van der Waals surface area contributed by atoms with E-state index in [4.69, 9.17) is 5.73 Å². The maximum atomic E-state index is 12.9. The van der Waals surface area contributed by atoms with Crippen molar-refractivity contribution in [1.82, 2.24) is 0 Å². The monoisotopic (exact) mass is 295 g/mol. The van der Waals surface area contributed by atoms with Gasteiger partial charge in [0.1, 0.15) is 5.82 Å². The summed E-state index contributed by atoms with van der Waals surface area (Å²) in [6.07, 6.45) is 0. The third-order valence-electron chi connectivity index (χ3n) is 1.27. The van der Waals surface area contributed by atoms with Crippen LogP contribution in [0, 0.1) is 5.82 Å². The molecule has 0 aliphatic carbocycles. The molecule has 2 nitrogen and oxygen atoms in total. The van der Waals surface area contributed by atoms with E-state index >= 15 is 0 Å². The molecule has 2 N–H and O–H groups in total. The third-order valence-corrected chi connectivity index (χ3v) is 3.23. The van der Waals surface area contributed by atoms with Crippen LogP contribution in [0.15, 0.2) is 21.1 Å². The molecule has 0 bridgehead atoms. The van der Waals surface area contributed by atoms with Crippen LogP contribution in [0.25, 0.3) is 0 Å². The number of benzene rings is 1. The number of primary amides is 1. The Hall–Kier alpha value is -0.420. The summed E-state index contributed by atoms with van der Waals surface area (Å²) in [7, 11) is 0. The van der Waals surface area contributed by atoms with Crippen LogP contribution in [0.4, 0.5) is 4.39 Å². The normalized spacial score (nSPS) is 9.92. The van der Waals surface area contributed by atoms with E-state index in [1.54, 1.807) is 0 Å². The van der Waals surface area contributed by atoms with Crippen LogP contribution < -0.4 is 5.73 Å². The summed E-state index contributed by atoms with van der Waals surface area (Å²) in [5.41, 5.74) is 5.10. The van der Waals surface area contributed by atoms with Gasteiger partial charge in [-0.25, -0.2) is 4.39 Å². The Morgan fingerprint density at radius 3 is 2.42 bits per heavy atom. The van der Waals surface area contributed by atoms with Crippen LogP contribution in [-0.2, 0) is 0 Å². The molecule has 0 aromatic heterocycles. The Morgan fingerprint density at radius 2 is 2.00 bits per heavy atom. The lowest BCUT2D eigenvalue weighted by molar-refractivity contribution is 0.1000. The number of nitrogens with two attached hydrogens (primary N) is 1. The minimum atomic E-state index is -0.651. The zero-order chi connectivity index (χ0) is 9.30. The topological polar surface area (TPSA) is 43.1 Å². The van der Waals surface area contributed by atoms with Crippen molar-refractivity contribution in [3.63, 3.8) is 0 Å². The standard InChI is InChI=1S/C7H4Br2FNO/c8-4-1-3(7(11)12)2-5(10)6(4)9/h1-2H,(H2,11,12). The number of hydrogen-bond acceptors (Lipinski definition) is 1. The van der Waals surface area contributed by atoms with E-state index in [0.29, 0.717) is 4.47 Å². The Balaban J connectivity index is 3.31. The Bertz CT molecular complexity index is 317. The van der Waals surface area contributed by atoms with Crippen LogP contribution in [0.5, 0.6) is 0 Å². The number of amides is 1. The lowest BCUT2D eigenvalue weighted by Crippen LogP contribution is -2.11. The summed E-state index contributed by atoms with van der Waals surface area (Å²) in [6, 6.07) is 2.53. The van der Waals surface area contributed by atoms with Crippen molar-refractivity contribution in [2.75, 3.05) is 0 Å². The summed E-state index contributed by atoms with van der Waals surface area (Å²) < 4.78 is 13.7. The second-order valence-electron chi connectivity index (χ2n) is 2.12. The molecule has 0 saturated heterocycles. The molecule has 1 aromatic carbocycles. The van der Waals surface area contributed by atoms with Crippen molar-refractivity contribution >= 4 is 37.8 Å². The summed E-state index contributed by atoms with van der Waals surface area (Å²) in [5.74, 6) is -1.17. The molecule has 64 valence electrons. The predicted molar refractivity (Wildman–Crippen MR) is 50.3 cm³/mol. The second kappa shape index (κ2) is 3.53. The maximum Gasteiger partial charge on any atom is 0.248 e. The maximum absolute atomic E-state index is 12.9. The van der Waals surface area contributed by atoms with Crippen LogP contribution >= 0.6 is 31.9 Å². The number of rotatable bonds is 1. The first-order valence-electron chi connectivity index (χ1n) is 2.96. The van der Waals surface area contributed by atoms with Crippen LogP contribution in [-0.4, -0.2) is 5.91 Å². The van der Waals surface area contributed by atoms with Crippen LogP contribution in [0.2, 0.25) is 0 Å². The van der Waals surface area contributed by atoms with E-state index in [9.17, 15) is 9.18 Å². The van der Waals surface area contributed by atoms with Crippen molar-refractivity contribution in [1.29, 1.82) is 0 Å². The largest absolute Gasteiger partial charge is 0.366 e. The Labute approximate surface area is 85.2 Å². The van der Waals surface area contributed by atoms with Crippen molar-refractivity contribution in [2.45, 2.75) is 0 Å². The van der Waals surface area contributed by atoms with E-state index in [-0.39, 0.29) is 10.0 Å². The highest BCUT2D eigenvalue weighted by molar-refractivity contribution is 9.13. The quantitative estimate of drug-likeness (QED) is 0.795. The first-order valence-corrected chi connectivity index (χ1v) is 4.55. The molecular weight excluding hydrogens is 293 g/mol. The number of halogens is 3. The zero-order valence-electron chi connectivity index (χ0n) is 5.77. The Morgan fingerprint density at radius 1 is 1.42 bits per heavy atom. The molecule has 0 spiro atoms. The minimum Gasteiger partial charge on any atom is -0.366 e. The zero-order valence-corrected chi connectivity index (χ0v) is 8.95. The van der Waals surface area contributed by atoms with Gasteiger partial charge < -0.3 is 5.73 Å². The van der Waals surface area contributed by atoms with Crippen molar-refractivity contribution < 1.29 is 9.18 Å². The first-order chi connectivity index (χ1) is 5.52. The summed E-state index contributed by atoms with van der Waals surface area (Å²) in [6.45, 7) is 0. The molecule has 5 heteroatoms. The van der Waals surface area contributed by atoms with Gasteiger partial charge in [0.05, 0.1) is 4.47 Å². The average molecular weight is 297 g/mol. The molecule has 0 unspecified atom stereocenters. The summed E-state index contributed by atoms with van der Waals surface area (Å²) in [5, 5.41) is 0. The van der Waals surface area contributed by atoms with Gasteiger partial charge in [-0.3, -0.25) is 4.79 Å². The van der Waals surface area contributed by atoms with E-state index in [1.807, 2.05) is 0 Å². The van der Waals surface area contributed by atoms with Gasteiger partial charge in [-0.2, -0.15) is 0 Å². The van der Waals surface area contributed by atoms with Gasteiger partial charge in [0, 0.05) is 10.0 Å². The highest BCUT2D eigenvalue weighted by Crippen LogP contribution is 2.26. The van der Waals surface area contributed by atoms with Gasteiger partial charge >= 0.3 is 0 Å². The fraction of sp³-hybridized carbons (Fsp3) is 0. The van der Waals surface area contributed by atoms with Crippen molar-refractivity contribution in [3.05, 3.63) is 32.5 Å². The van der Waals surface area contributed by atoms with E-state index in [0.717, 1.165) is 6.07 Å². The van der Waals surface area contributed by atoms with Gasteiger partial charge in [0.2, 0.25) is 5.91 Å².